The van der Waals surface area contributed by atoms with E-state index >= 15 is 0 Å². The number of hydrogen-bond acceptors (Lipinski definition) is 3. The van der Waals surface area contributed by atoms with Gasteiger partial charge in [-0.25, -0.2) is 0 Å². The topological polar surface area (TPSA) is 24.8 Å². The number of rotatable bonds is 5. The smallest absolute Gasteiger partial charge is 0.119 e. The van der Waals surface area contributed by atoms with Crippen molar-refractivity contribution in [2.24, 2.45) is 4.99 Å². The number of likely N-dealkylation sites (N-methyl/N-ethyl adjacent to an activating group) is 1. The molecule has 3 nitrogen and oxygen atoms in total. The van der Waals surface area contributed by atoms with E-state index in [1.165, 1.54) is 12.0 Å². The van der Waals surface area contributed by atoms with Crippen LogP contribution in [0.1, 0.15) is 31.2 Å². The van der Waals surface area contributed by atoms with E-state index in [-0.39, 0.29) is 0 Å². The van der Waals surface area contributed by atoms with E-state index in [0.29, 0.717) is 5.92 Å². The number of benzene rings is 1. The SMILES string of the molecule is CCCCOc1ccc(C2CN=CN(C)C2)cc1. The van der Waals surface area contributed by atoms with E-state index in [2.05, 4.69) is 48.1 Å². The zero-order valence-corrected chi connectivity index (χ0v) is 11.3. The summed E-state index contributed by atoms with van der Waals surface area (Å²) in [5.41, 5.74) is 1.35. The third kappa shape index (κ3) is 3.49. The van der Waals surface area contributed by atoms with Gasteiger partial charge in [-0.1, -0.05) is 25.5 Å². The Morgan fingerprint density at radius 2 is 2.11 bits per heavy atom. The van der Waals surface area contributed by atoms with Gasteiger partial charge in [0.05, 0.1) is 12.9 Å². The number of hydrogen-bond donors (Lipinski definition) is 0. The van der Waals surface area contributed by atoms with Crippen molar-refractivity contribution in [3.05, 3.63) is 29.8 Å². The highest BCUT2D eigenvalue weighted by Gasteiger charge is 2.15. The third-order valence-electron chi connectivity index (χ3n) is 3.23. The molecule has 18 heavy (non-hydrogen) atoms. The van der Waals surface area contributed by atoms with Crippen LogP contribution in [0.4, 0.5) is 0 Å². The summed E-state index contributed by atoms with van der Waals surface area (Å²) in [7, 11) is 2.07. The molecule has 0 saturated heterocycles. The van der Waals surface area contributed by atoms with Gasteiger partial charge in [0.25, 0.3) is 0 Å². The van der Waals surface area contributed by atoms with E-state index in [9.17, 15) is 0 Å². The van der Waals surface area contributed by atoms with Gasteiger partial charge >= 0.3 is 0 Å². The second-order valence-corrected chi connectivity index (χ2v) is 4.89. The Balaban J connectivity index is 1.93. The van der Waals surface area contributed by atoms with Crippen LogP contribution in [0.15, 0.2) is 29.3 Å². The molecule has 0 aliphatic carbocycles. The first-order chi connectivity index (χ1) is 8.79. The molecule has 0 aromatic heterocycles. The second kappa shape index (κ2) is 6.43. The van der Waals surface area contributed by atoms with Crippen LogP contribution in [0.2, 0.25) is 0 Å². The van der Waals surface area contributed by atoms with Gasteiger partial charge in [0.2, 0.25) is 0 Å². The van der Waals surface area contributed by atoms with Crippen LogP contribution in [0.25, 0.3) is 0 Å². The predicted molar refractivity (Wildman–Crippen MR) is 75.6 cm³/mol. The second-order valence-electron chi connectivity index (χ2n) is 4.89. The molecule has 0 radical (unpaired) electrons. The first-order valence-electron chi connectivity index (χ1n) is 6.72. The third-order valence-corrected chi connectivity index (χ3v) is 3.23. The standard InChI is InChI=1S/C15H22N2O/c1-3-4-9-18-15-7-5-13(6-8-15)14-10-16-12-17(2)11-14/h5-8,12,14H,3-4,9-11H2,1-2H3. The van der Waals surface area contributed by atoms with Crippen LogP contribution < -0.4 is 4.74 Å². The summed E-state index contributed by atoms with van der Waals surface area (Å²) in [5, 5.41) is 0. The lowest BCUT2D eigenvalue weighted by Gasteiger charge is -2.25. The van der Waals surface area contributed by atoms with Crippen molar-refractivity contribution in [3.63, 3.8) is 0 Å². The average molecular weight is 246 g/mol. The Kier molecular flexibility index (Phi) is 4.62. The lowest BCUT2D eigenvalue weighted by Crippen LogP contribution is -2.29. The van der Waals surface area contributed by atoms with Crippen LogP contribution in [-0.2, 0) is 0 Å². The Bertz CT molecular complexity index is 386. The molecule has 1 aliphatic rings. The molecule has 1 atom stereocenters. The highest BCUT2D eigenvalue weighted by atomic mass is 16.5. The molecule has 1 unspecified atom stereocenters. The van der Waals surface area contributed by atoms with Gasteiger partial charge in [0, 0.05) is 26.1 Å². The monoisotopic (exact) mass is 246 g/mol. The summed E-state index contributed by atoms with van der Waals surface area (Å²) in [5.74, 6) is 1.48. The van der Waals surface area contributed by atoms with E-state index in [1.807, 2.05) is 6.34 Å². The first kappa shape index (κ1) is 12.9. The van der Waals surface area contributed by atoms with Crippen molar-refractivity contribution in [2.75, 3.05) is 26.7 Å². The Morgan fingerprint density at radius 1 is 1.33 bits per heavy atom. The molecular formula is C15H22N2O. The first-order valence-corrected chi connectivity index (χ1v) is 6.72. The summed E-state index contributed by atoms with van der Waals surface area (Å²) in [6, 6.07) is 8.48. The van der Waals surface area contributed by atoms with Crippen molar-refractivity contribution >= 4 is 6.34 Å². The zero-order valence-electron chi connectivity index (χ0n) is 11.3. The highest BCUT2D eigenvalue weighted by Crippen LogP contribution is 2.22. The number of unbranched alkanes of at least 4 members (excludes halogenated alkanes) is 1. The molecule has 0 amide bonds. The minimum absolute atomic E-state index is 0.504. The number of aliphatic imine (C=N–C) groups is 1. The molecule has 1 aromatic rings. The van der Waals surface area contributed by atoms with Gasteiger partial charge in [-0.3, -0.25) is 4.99 Å². The molecule has 98 valence electrons. The normalized spacial score (nSPS) is 19.0. The van der Waals surface area contributed by atoms with Crippen molar-refractivity contribution in [1.82, 2.24) is 4.90 Å². The van der Waals surface area contributed by atoms with Crippen LogP contribution in [0, 0.1) is 0 Å². The predicted octanol–water partition coefficient (Wildman–Crippen LogP) is 2.92. The van der Waals surface area contributed by atoms with Crippen LogP contribution in [0.5, 0.6) is 5.75 Å². The molecule has 0 fully saturated rings. The molecule has 0 spiro atoms. The van der Waals surface area contributed by atoms with E-state index < -0.39 is 0 Å². The van der Waals surface area contributed by atoms with Gasteiger partial charge in [-0.15, -0.1) is 0 Å². The van der Waals surface area contributed by atoms with Crippen molar-refractivity contribution in [3.8, 4) is 5.75 Å². The molecule has 3 heteroatoms. The maximum absolute atomic E-state index is 5.67. The quantitative estimate of drug-likeness (QED) is 0.746. The molecule has 1 aliphatic heterocycles. The van der Waals surface area contributed by atoms with Crippen LogP contribution in [-0.4, -0.2) is 38.0 Å². The van der Waals surface area contributed by atoms with Gasteiger partial charge in [-0.05, 0) is 24.1 Å². The van der Waals surface area contributed by atoms with Gasteiger partial charge in [0.1, 0.15) is 5.75 Å². The van der Waals surface area contributed by atoms with Crippen molar-refractivity contribution in [2.45, 2.75) is 25.7 Å². The summed E-state index contributed by atoms with van der Waals surface area (Å²) in [4.78, 5) is 6.51. The van der Waals surface area contributed by atoms with E-state index in [0.717, 1.165) is 31.9 Å². The Morgan fingerprint density at radius 3 is 2.78 bits per heavy atom. The Hall–Kier alpha value is -1.51. The fourth-order valence-corrected chi connectivity index (χ4v) is 2.15. The van der Waals surface area contributed by atoms with Gasteiger partial charge < -0.3 is 9.64 Å². The lowest BCUT2D eigenvalue weighted by atomic mass is 9.98. The van der Waals surface area contributed by atoms with Crippen LogP contribution >= 0.6 is 0 Å². The van der Waals surface area contributed by atoms with Crippen molar-refractivity contribution < 1.29 is 4.74 Å². The zero-order chi connectivity index (χ0) is 12.8. The van der Waals surface area contributed by atoms with Gasteiger partial charge in [-0.2, -0.15) is 0 Å². The average Bonchev–Trinajstić information content (AvgIpc) is 2.40. The molecule has 2 rings (SSSR count). The molecule has 1 aromatic carbocycles. The van der Waals surface area contributed by atoms with E-state index in [1.54, 1.807) is 0 Å². The van der Waals surface area contributed by atoms with E-state index in [4.69, 9.17) is 4.74 Å². The minimum Gasteiger partial charge on any atom is -0.494 e. The maximum atomic E-state index is 5.67. The fourth-order valence-electron chi connectivity index (χ4n) is 2.15. The largest absolute Gasteiger partial charge is 0.494 e. The lowest BCUT2D eigenvalue weighted by molar-refractivity contribution is 0.309. The molecule has 0 saturated carbocycles. The van der Waals surface area contributed by atoms with Crippen molar-refractivity contribution in [1.29, 1.82) is 0 Å². The summed E-state index contributed by atoms with van der Waals surface area (Å²) < 4.78 is 5.67. The summed E-state index contributed by atoms with van der Waals surface area (Å²) in [6.07, 6.45) is 4.20. The minimum atomic E-state index is 0.504. The van der Waals surface area contributed by atoms with Crippen LogP contribution in [0.3, 0.4) is 0 Å². The highest BCUT2D eigenvalue weighted by molar-refractivity contribution is 5.56. The molecule has 1 heterocycles. The molecule has 0 bridgehead atoms. The Labute approximate surface area is 109 Å². The van der Waals surface area contributed by atoms with Gasteiger partial charge in [0.15, 0.2) is 0 Å². The number of ether oxygens (including phenoxy) is 1. The fraction of sp³-hybridized carbons (Fsp3) is 0.533. The summed E-state index contributed by atoms with van der Waals surface area (Å²) >= 11 is 0. The maximum Gasteiger partial charge on any atom is 0.119 e. The molecule has 0 N–H and O–H groups in total. The summed E-state index contributed by atoms with van der Waals surface area (Å²) in [6.45, 7) is 4.92. The molecular weight excluding hydrogens is 224 g/mol. The number of nitrogens with zero attached hydrogens (tertiary/aromatic N) is 2.